The second kappa shape index (κ2) is 3.36. The fourth-order valence-corrected chi connectivity index (χ4v) is 1.21. The summed E-state index contributed by atoms with van der Waals surface area (Å²) in [6, 6.07) is 5.48. The monoisotopic (exact) mass is 181 g/mol. The maximum Gasteiger partial charge on any atom is 0.131 e. The second-order valence-electron chi connectivity index (χ2n) is 4.01. The van der Waals surface area contributed by atoms with E-state index in [2.05, 4.69) is 6.07 Å². The van der Waals surface area contributed by atoms with E-state index in [1.165, 1.54) is 12.1 Å². The maximum atomic E-state index is 12.9. The zero-order valence-electron chi connectivity index (χ0n) is 8.44. The average Bonchev–Trinajstić information content (AvgIpc) is 2.03. The molecule has 0 saturated carbocycles. The van der Waals surface area contributed by atoms with Crippen molar-refractivity contribution in [3.05, 3.63) is 29.6 Å². The van der Waals surface area contributed by atoms with Crippen LogP contribution in [-0.4, -0.2) is 7.11 Å². The third-order valence-electron chi connectivity index (χ3n) is 1.91. The van der Waals surface area contributed by atoms with Crippen molar-refractivity contribution < 1.29 is 9.13 Å². The van der Waals surface area contributed by atoms with Crippen LogP contribution in [0.2, 0.25) is 0 Å². The molecular weight excluding hydrogens is 167 g/mol. The van der Waals surface area contributed by atoms with Crippen molar-refractivity contribution >= 4 is 0 Å². The third kappa shape index (κ3) is 2.20. The molecule has 0 aromatic heterocycles. The minimum Gasteiger partial charge on any atom is -0.496 e. The first-order chi connectivity index (χ1) is 5.95. The first kappa shape index (κ1) is 10.0. The van der Waals surface area contributed by atoms with Crippen LogP contribution in [0.1, 0.15) is 26.3 Å². The smallest absolute Gasteiger partial charge is 0.131 e. The molecule has 0 fully saturated rings. The molecule has 0 aliphatic heterocycles. The molecule has 1 nitrogen and oxygen atoms in total. The summed E-state index contributed by atoms with van der Waals surface area (Å²) < 4.78 is 18.0. The number of hydrogen-bond donors (Lipinski definition) is 0. The van der Waals surface area contributed by atoms with Crippen molar-refractivity contribution in [1.82, 2.24) is 0 Å². The zero-order chi connectivity index (χ0) is 10.1. The summed E-state index contributed by atoms with van der Waals surface area (Å²) in [6.07, 6.45) is 0. The zero-order valence-corrected chi connectivity index (χ0v) is 8.44. The van der Waals surface area contributed by atoms with E-state index >= 15 is 0 Å². The highest BCUT2D eigenvalue weighted by Gasteiger charge is 2.19. The topological polar surface area (TPSA) is 9.23 Å². The lowest BCUT2D eigenvalue weighted by Crippen LogP contribution is -2.13. The summed E-state index contributed by atoms with van der Waals surface area (Å²) in [6.45, 7) is 6.05. The lowest BCUT2D eigenvalue weighted by molar-refractivity contribution is 0.395. The van der Waals surface area contributed by atoms with E-state index in [4.69, 9.17) is 4.74 Å². The SMILES string of the molecule is COc1c[c]c(F)cc1C(C)(C)C. The Kier molecular flexibility index (Phi) is 2.60. The molecule has 0 heterocycles. The number of halogens is 1. The molecule has 13 heavy (non-hydrogen) atoms. The van der Waals surface area contributed by atoms with Crippen LogP contribution in [0.25, 0.3) is 0 Å². The summed E-state index contributed by atoms with van der Waals surface area (Å²) in [5, 5.41) is 0. The molecule has 0 saturated heterocycles. The molecule has 71 valence electrons. The van der Waals surface area contributed by atoms with Gasteiger partial charge >= 0.3 is 0 Å². The average molecular weight is 181 g/mol. The van der Waals surface area contributed by atoms with Crippen LogP contribution >= 0.6 is 0 Å². The molecule has 1 aromatic rings. The molecule has 0 bridgehead atoms. The largest absolute Gasteiger partial charge is 0.496 e. The predicted molar refractivity (Wildman–Crippen MR) is 50.5 cm³/mol. The Morgan fingerprint density at radius 3 is 2.46 bits per heavy atom. The predicted octanol–water partition coefficient (Wildman–Crippen LogP) is 2.93. The van der Waals surface area contributed by atoms with Gasteiger partial charge in [-0.3, -0.25) is 0 Å². The van der Waals surface area contributed by atoms with Gasteiger partial charge in [0.2, 0.25) is 0 Å². The molecule has 2 heteroatoms. The van der Waals surface area contributed by atoms with Crippen molar-refractivity contribution in [2.45, 2.75) is 26.2 Å². The standard InChI is InChI=1S/C11H14FO/c1-11(2,3)9-7-8(12)5-6-10(9)13-4/h6-7H,1-4H3. The van der Waals surface area contributed by atoms with E-state index in [-0.39, 0.29) is 11.2 Å². The van der Waals surface area contributed by atoms with E-state index in [0.717, 1.165) is 5.56 Å². The normalized spacial score (nSPS) is 11.5. The molecule has 1 rings (SSSR count). The lowest BCUT2D eigenvalue weighted by Gasteiger charge is -2.21. The number of rotatable bonds is 1. The molecule has 0 aliphatic carbocycles. The van der Waals surface area contributed by atoms with Gasteiger partial charge in [0.1, 0.15) is 11.6 Å². The van der Waals surface area contributed by atoms with Crippen molar-refractivity contribution in [2.24, 2.45) is 0 Å². The van der Waals surface area contributed by atoms with Gasteiger partial charge < -0.3 is 4.74 Å². The number of methoxy groups -OCH3 is 1. The van der Waals surface area contributed by atoms with Crippen LogP contribution in [0.5, 0.6) is 5.75 Å². The molecule has 0 spiro atoms. The summed E-state index contributed by atoms with van der Waals surface area (Å²) in [5.41, 5.74) is 0.757. The minimum atomic E-state index is -0.342. The first-order valence-electron chi connectivity index (χ1n) is 4.21. The van der Waals surface area contributed by atoms with Gasteiger partial charge in [-0.05, 0) is 17.5 Å². The van der Waals surface area contributed by atoms with Crippen molar-refractivity contribution in [2.75, 3.05) is 7.11 Å². The Hall–Kier alpha value is -1.05. The van der Waals surface area contributed by atoms with Crippen LogP contribution in [0.4, 0.5) is 4.39 Å². The fourth-order valence-electron chi connectivity index (χ4n) is 1.21. The molecular formula is C11H14FO. The Labute approximate surface area is 78.5 Å². The van der Waals surface area contributed by atoms with E-state index in [1.54, 1.807) is 7.11 Å². The van der Waals surface area contributed by atoms with Gasteiger partial charge in [0.15, 0.2) is 0 Å². The summed E-state index contributed by atoms with van der Waals surface area (Å²) in [4.78, 5) is 0. The van der Waals surface area contributed by atoms with E-state index in [1.807, 2.05) is 20.8 Å². The number of benzene rings is 1. The quantitative estimate of drug-likeness (QED) is 0.647. The maximum absolute atomic E-state index is 12.9. The highest BCUT2D eigenvalue weighted by atomic mass is 19.1. The van der Waals surface area contributed by atoms with Gasteiger partial charge in [0.05, 0.1) is 7.11 Å². The van der Waals surface area contributed by atoms with Crippen LogP contribution in [-0.2, 0) is 5.41 Å². The molecule has 0 unspecified atom stereocenters. The number of ether oxygens (including phenoxy) is 1. The molecule has 1 aromatic carbocycles. The Morgan fingerprint density at radius 2 is 2.00 bits per heavy atom. The Morgan fingerprint density at radius 1 is 1.38 bits per heavy atom. The van der Waals surface area contributed by atoms with Gasteiger partial charge in [0.25, 0.3) is 0 Å². The van der Waals surface area contributed by atoms with Gasteiger partial charge in [-0.2, -0.15) is 0 Å². The van der Waals surface area contributed by atoms with Gasteiger partial charge in [0, 0.05) is 11.6 Å². The summed E-state index contributed by atoms with van der Waals surface area (Å²) in [5.74, 6) is 0.347. The highest BCUT2D eigenvalue weighted by molar-refractivity contribution is 5.38. The van der Waals surface area contributed by atoms with E-state index < -0.39 is 0 Å². The van der Waals surface area contributed by atoms with Gasteiger partial charge in [-0.1, -0.05) is 20.8 Å². The molecule has 0 amide bonds. The first-order valence-corrected chi connectivity index (χ1v) is 4.21. The van der Waals surface area contributed by atoms with E-state index in [0.29, 0.717) is 5.75 Å². The van der Waals surface area contributed by atoms with Gasteiger partial charge in [-0.25, -0.2) is 4.39 Å². The molecule has 0 N–H and O–H groups in total. The second-order valence-corrected chi connectivity index (χ2v) is 4.01. The third-order valence-corrected chi connectivity index (χ3v) is 1.91. The lowest BCUT2D eigenvalue weighted by atomic mass is 9.86. The van der Waals surface area contributed by atoms with Crippen LogP contribution in [0, 0.1) is 11.9 Å². The van der Waals surface area contributed by atoms with Crippen molar-refractivity contribution in [3.63, 3.8) is 0 Å². The van der Waals surface area contributed by atoms with Crippen molar-refractivity contribution in [3.8, 4) is 5.75 Å². The van der Waals surface area contributed by atoms with Gasteiger partial charge in [-0.15, -0.1) is 0 Å². The Balaban J connectivity index is 3.24. The Bertz CT molecular complexity index is 299. The fraction of sp³-hybridized carbons (Fsp3) is 0.455. The number of hydrogen-bond acceptors (Lipinski definition) is 1. The van der Waals surface area contributed by atoms with Crippen LogP contribution in [0.15, 0.2) is 12.1 Å². The van der Waals surface area contributed by atoms with Crippen LogP contribution in [0.3, 0.4) is 0 Å². The van der Waals surface area contributed by atoms with Crippen molar-refractivity contribution in [1.29, 1.82) is 0 Å². The molecule has 0 atom stereocenters. The highest BCUT2D eigenvalue weighted by Crippen LogP contribution is 2.31. The summed E-state index contributed by atoms with van der Waals surface area (Å²) >= 11 is 0. The minimum absolute atomic E-state index is 0.110. The van der Waals surface area contributed by atoms with Crippen LogP contribution < -0.4 is 4.74 Å². The summed E-state index contributed by atoms with van der Waals surface area (Å²) in [7, 11) is 1.58. The molecule has 1 radical (unpaired) electrons. The molecule has 0 aliphatic rings. The van der Waals surface area contributed by atoms with E-state index in [9.17, 15) is 4.39 Å².